The number of hydrogen-bond acceptors (Lipinski definition) is 3. The summed E-state index contributed by atoms with van der Waals surface area (Å²) >= 11 is 2.04. The van der Waals surface area contributed by atoms with Crippen LogP contribution in [-0.4, -0.2) is 29.2 Å². The summed E-state index contributed by atoms with van der Waals surface area (Å²) < 4.78 is 5.91. The topological polar surface area (TPSA) is 46.5 Å². The number of carboxylic acid groups (broad SMARTS) is 1. The van der Waals surface area contributed by atoms with Crippen LogP contribution in [0.2, 0.25) is 0 Å². The molecule has 1 aromatic carbocycles. The molecule has 2 rings (SSSR count). The molecule has 0 unspecified atom stereocenters. The molecule has 0 radical (unpaired) electrons. The standard InChI is InChI=1S/C18H26O3S/c19-18(20)11-7-2-1-4-8-15-13-22-14-16(15)12-21-17-9-5-3-6-10-17/h3,5-6,9-10,15-16H,1-2,4,7-8,11-14H2,(H,19,20)/t15-,16-/m0/s1. The second-order valence-corrected chi connectivity index (χ2v) is 7.10. The van der Waals surface area contributed by atoms with Gasteiger partial charge in [-0.1, -0.05) is 37.5 Å². The molecule has 0 aliphatic carbocycles. The molecule has 1 N–H and O–H groups in total. The summed E-state index contributed by atoms with van der Waals surface area (Å²) in [6.45, 7) is 0.820. The summed E-state index contributed by atoms with van der Waals surface area (Å²) in [5.74, 6) is 4.16. The van der Waals surface area contributed by atoms with E-state index in [0.717, 1.165) is 37.5 Å². The van der Waals surface area contributed by atoms with Crippen molar-refractivity contribution in [2.45, 2.75) is 38.5 Å². The molecule has 3 nitrogen and oxygen atoms in total. The Balaban J connectivity index is 1.60. The lowest BCUT2D eigenvalue weighted by atomic mass is 9.91. The van der Waals surface area contributed by atoms with Gasteiger partial charge in [-0.2, -0.15) is 11.8 Å². The van der Waals surface area contributed by atoms with Crippen molar-refractivity contribution in [2.24, 2.45) is 11.8 Å². The maximum atomic E-state index is 10.5. The highest BCUT2D eigenvalue weighted by molar-refractivity contribution is 7.99. The zero-order valence-corrected chi connectivity index (χ0v) is 13.9. The van der Waals surface area contributed by atoms with Crippen LogP contribution in [0.1, 0.15) is 38.5 Å². The van der Waals surface area contributed by atoms with Crippen molar-refractivity contribution in [1.29, 1.82) is 0 Å². The minimum Gasteiger partial charge on any atom is -0.493 e. The average Bonchev–Trinajstić information content (AvgIpc) is 2.97. The molecule has 122 valence electrons. The Hall–Kier alpha value is -1.16. The number of benzene rings is 1. The van der Waals surface area contributed by atoms with Crippen molar-refractivity contribution in [1.82, 2.24) is 0 Å². The zero-order chi connectivity index (χ0) is 15.6. The van der Waals surface area contributed by atoms with Crippen molar-refractivity contribution >= 4 is 17.7 Å². The van der Waals surface area contributed by atoms with E-state index in [1.54, 1.807) is 0 Å². The Morgan fingerprint density at radius 3 is 2.59 bits per heavy atom. The molecule has 1 aromatic rings. The van der Waals surface area contributed by atoms with Gasteiger partial charge in [0, 0.05) is 12.3 Å². The third kappa shape index (κ3) is 6.30. The Morgan fingerprint density at radius 2 is 1.82 bits per heavy atom. The molecule has 2 atom stereocenters. The summed E-state index contributed by atoms with van der Waals surface area (Å²) in [7, 11) is 0. The van der Waals surface area contributed by atoms with Crippen LogP contribution in [0.15, 0.2) is 30.3 Å². The average molecular weight is 322 g/mol. The molecule has 1 aliphatic rings. The molecule has 22 heavy (non-hydrogen) atoms. The third-order valence-corrected chi connectivity index (χ3v) is 5.58. The number of carboxylic acids is 1. The van der Waals surface area contributed by atoms with E-state index in [9.17, 15) is 4.79 Å². The van der Waals surface area contributed by atoms with Crippen molar-refractivity contribution in [3.05, 3.63) is 30.3 Å². The normalized spacial score (nSPS) is 20.9. The van der Waals surface area contributed by atoms with Crippen LogP contribution in [-0.2, 0) is 4.79 Å². The fourth-order valence-electron chi connectivity index (χ4n) is 2.90. The molecular formula is C18H26O3S. The third-order valence-electron chi connectivity index (χ3n) is 4.25. The summed E-state index contributed by atoms with van der Waals surface area (Å²) in [6.07, 6.45) is 5.79. The first-order valence-electron chi connectivity index (χ1n) is 8.23. The zero-order valence-electron chi connectivity index (χ0n) is 13.1. The quantitative estimate of drug-likeness (QED) is 0.646. The fourth-order valence-corrected chi connectivity index (χ4v) is 4.45. The minimum absolute atomic E-state index is 0.312. The van der Waals surface area contributed by atoms with Crippen LogP contribution in [0.25, 0.3) is 0 Å². The number of aliphatic carboxylic acids is 1. The van der Waals surface area contributed by atoms with Crippen LogP contribution < -0.4 is 4.74 Å². The van der Waals surface area contributed by atoms with Crippen molar-refractivity contribution in [2.75, 3.05) is 18.1 Å². The lowest BCUT2D eigenvalue weighted by Crippen LogP contribution is -2.20. The van der Waals surface area contributed by atoms with Crippen LogP contribution in [0.4, 0.5) is 0 Å². The van der Waals surface area contributed by atoms with Gasteiger partial charge in [-0.3, -0.25) is 4.79 Å². The molecule has 0 bridgehead atoms. The highest BCUT2D eigenvalue weighted by atomic mass is 32.2. The first-order chi connectivity index (χ1) is 10.8. The lowest BCUT2D eigenvalue weighted by molar-refractivity contribution is -0.137. The van der Waals surface area contributed by atoms with E-state index in [1.807, 2.05) is 42.1 Å². The van der Waals surface area contributed by atoms with E-state index < -0.39 is 5.97 Å². The molecule has 4 heteroatoms. The van der Waals surface area contributed by atoms with E-state index >= 15 is 0 Å². The SMILES string of the molecule is O=C(O)CCCCCC[C@H]1CSC[C@@H]1COc1ccccc1. The van der Waals surface area contributed by atoms with E-state index in [2.05, 4.69) is 0 Å². The van der Waals surface area contributed by atoms with Gasteiger partial charge in [0.1, 0.15) is 5.75 Å². The minimum atomic E-state index is -0.676. The second kappa shape index (κ2) is 9.78. The van der Waals surface area contributed by atoms with Gasteiger partial charge in [0.25, 0.3) is 0 Å². The number of para-hydroxylation sites is 1. The molecule has 0 spiro atoms. The van der Waals surface area contributed by atoms with E-state index in [0.29, 0.717) is 12.3 Å². The van der Waals surface area contributed by atoms with Crippen molar-refractivity contribution < 1.29 is 14.6 Å². The number of unbranched alkanes of at least 4 members (excludes halogenated alkanes) is 3. The number of ether oxygens (including phenoxy) is 1. The van der Waals surface area contributed by atoms with Gasteiger partial charge in [0.2, 0.25) is 0 Å². The summed E-state index contributed by atoms with van der Waals surface area (Å²) in [4.78, 5) is 10.5. The second-order valence-electron chi connectivity index (χ2n) is 6.03. The van der Waals surface area contributed by atoms with Crippen molar-refractivity contribution in [3.8, 4) is 5.75 Å². The Kier molecular flexibility index (Phi) is 7.64. The van der Waals surface area contributed by atoms with Gasteiger partial charge < -0.3 is 9.84 Å². The van der Waals surface area contributed by atoms with Crippen LogP contribution in [0.3, 0.4) is 0 Å². The molecule has 1 fully saturated rings. The van der Waals surface area contributed by atoms with Gasteiger partial charge in [-0.05, 0) is 42.4 Å². The predicted octanol–water partition coefficient (Wildman–Crippen LogP) is 4.47. The Morgan fingerprint density at radius 1 is 1.09 bits per heavy atom. The molecule has 1 aliphatic heterocycles. The van der Waals surface area contributed by atoms with Crippen LogP contribution in [0.5, 0.6) is 5.75 Å². The largest absolute Gasteiger partial charge is 0.493 e. The first kappa shape index (κ1) is 17.2. The number of rotatable bonds is 10. The van der Waals surface area contributed by atoms with Gasteiger partial charge in [-0.15, -0.1) is 0 Å². The Bertz CT molecular complexity index is 435. The van der Waals surface area contributed by atoms with Gasteiger partial charge in [-0.25, -0.2) is 0 Å². The predicted molar refractivity (Wildman–Crippen MR) is 91.6 cm³/mol. The maximum absolute atomic E-state index is 10.5. The molecule has 0 saturated carbocycles. The molecule has 0 amide bonds. The summed E-state index contributed by atoms with van der Waals surface area (Å²) in [6, 6.07) is 10.0. The highest BCUT2D eigenvalue weighted by Crippen LogP contribution is 2.34. The van der Waals surface area contributed by atoms with Crippen molar-refractivity contribution in [3.63, 3.8) is 0 Å². The van der Waals surface area contributed by atoms with E-state index in [4.69, 9.17) is 9.84 Å². The molecular weight excluding hydrogens is 296 g/mol. The number of carbonyl (C=O) groups is 1. The monoisotopic (exact) mass is 322 g/mol. The van der Waals surface area contributed by atoms with Gasteiger partial charge >= 0.3 is 5.97 Å². The molecule has 1 heterocycles. The van der Waals surface area contributed by atoms with E-state index in [-0.39, 0.29) is 0 Å². The number of thioether (sulfide) groups is 1. The molecule has 1 saturated heterocycles. The summed E-state index contributed by atoms with van der Waals surface area (Å²) in [5.41, 5.74) is 0. The highest BCUT2D eigenvalue weighted by Gasteiger charge is 2.27. The maximum Gasteiger partial charge on any atom is 0.303 e. The van der Waals surface area contributed by atoms with Crippen LogP contribution in [0, 0.1) is 11.8 Å². The van der Waals surface area contributed by atoms with Gasteiger partial charge in [0.15, 0.2) is 0 Å². The Labute approximate surface area is 137 Å². The molecule has 0 aromatic heterocycles. The lowest BCUT2D eigenvalue weighted by Gasteiger charge is -2.19. The first-order valence-corrected chi connectivity index (χ1v) is 9.38. The summed E-state index contributed by atoms with van der Waals surface area (Å²) in [5, 5.41) is 8.61. The smallest absolute Gasteiger partial charge is 0.303 e. The van der Waals surface area contributed by atoms with Gasteiger partial charge in [0.05, 0.1) is 6.61 Å². The fraction of sp³-hybridized carbons (Fsp3) is 0.611. The van der Waals surface area contributed by atoms with Crippen LogP contribution >= 0.6 is 11.8 Å². The number of hydrogen-bond donors (Lipinski definition) is 1. The van der Waals surface area contributed by atoms with E-state index in [1.165, 1.54) is 24.3 Å².